The molecule has 0 saturated heterocycles. The fourth-order valence-corrected chi connectivity index (χ4v) is 1.54. The molecule has 94 valence electrons. The Labute approximate surface area is 107 Å². The van der Waals surface area contributed by atoms with Crippen LogP contribution in [0.25, 0.3) is 0 Å². The highest BCUT2D eigenvalue weighted by Crippen LogP contribution is 2.23. The molecule has 7 nitrogen and oxygen atoms in total. The Morgan fingerprint density at radius 3 is 2.58 bits per heavy atom. The molecular formula is C12H7N3O4. The molecule has 2 rings (SSSR count). The minimum atomic E-state index is -1.08. The van der Waals surface area contributed by atoms with Gasteiger partial charge in [0.2, 0.25) is 5.78 Å². The van der Waals surface area contributed by atoms with Crippen LogP contribution in [0.4, 0.5) is 5.88 Å². The van der Waals surface area contributed by atoms with Crippen LogP contribution in [-0.4, -0.2) is 15.7 Å². The Balaban J connectivity index is 2.31. The van der Waals surface area contributed by atoms with Gasteiger partial charge in [0, 0.05) is 12.4 Å². The van der Waals surface area contributed by atoms with E-state index in [0.29, 0.717) is 5.56 Å². The van der Waals surface area contributed by atoms with Gasteiger partial charge in [-0.05, 0) is 23.8 Å². The first kappa shape index (κ1) is 12.4. The minimum Gasteiger partial charge on any atom is -0.397 e. The van der Waals surface area contributed by atoms with Gasteiger partial charge >= 0.3 is 5.88 Å². The monoisotopic (exact) mass is 257 g/mol. The highest BCUT2D eigenvalue weighted by molar-refractivity contribution is 6.00. The second-order valence-corrected chi connectivity index (χ2v) is 3.60. The zero-order valence-corrected chi connectivity index (χ0v) is 9.52. The number of carbonyl (C=O) groups is 1. The summed E-state index contributed by atoms with van der Waals surface area (Å²) < 4.78 is 4.80. The van der Waals surface area contributed by atoms with E-state index >= 15 is 0 Å². The fourth-order valence-electron chi connectivity index (χ4n) is 1.54. The molecule has 2 aromatic rings. The first-order valence-electron chi connectivity index (χ1n) is 5.21. The van der Waals surface area contributed by atoms with Crippen molar-refractivity contribution in [2.24, 2.45) is 0 Å². The van der Waals surface area contributed by atoms with Crippen molar-refractivity contribution in [1.82, 2.24) is 4.98 Å². The van der Waals surface area contributed by atoms with Crippen molar-refractivity contribution in [3.05, 3.63) is 58.1 Å². The molecule has 7 heteroatoms. The van der Waals surface area contributed by atoms with Crippen LogP contribution in [0.3, 0.4) is 0 Å². The quantitative estimate of drug-likeness (QED) is 0.471. The highest BCUT2D eigenvalue weighted by atomic mass is 16.6. The maximum atomic E-state index is 12.1. The Morgan fingerprint density at radius 2 is 2.05 bits per heavy atom. The number of ketones is 1. The summed E-state index contributed by atoms with van der Waals surface area (Å²) in [6.07, 6.45) is 2.91. The molecule has 2 aromatic heterocycles. The third kappa shape index (κ3) is 2.47. The maximum Gasteiger partial charge on any atom is 0.433 e. The summed E-state index contributed by atoms with van der Waals surface area (Å²) in [7, 11) is 0. The number of aromatic nitrogens is 1. The van der Waals surface area contributed by atoms with E-state index in [1.165, 1.54) is 30.6 Å². The molecule has 0 aliphatic carbocycles. The summed E-state index contributed by atoms with van der Waals surface area (Å²) in [4.78, 5) is 25.6. The van der Waals surface area contributed by atoms with E-state index in [-0.39, 0.29) is 5.76 Å². The third-order valence-corrected chi connectivity index (χ3v) is 2.45. The van der Waals surface area contributed by atoms with Crippen LogP contribution in [0.2, 0.25) is 0 Å². The predicted octanol–water partition coefficient (Wildman–Crippen LogP) is 2.07. The van der Waals surface area contributed by atoms with Crippen LogP contribution in [0.1, 0.15) is 22.0 Å². The molecule has 1 atom stereocenters. The standard InChI is InChI=1S/C12H7N3O4/c13-7-9(8-3-5-14-6-4-8)12(16)10-1-2-11(19-10)15(17)18/h1-6,9H. The number of pyridine rings is 1. The topological polar surface area (TPSA) is 110 Å². The average molecular weight is 257 g/mol. The zero-order valence-electron chi connectivity index (χ0n) is 9.52. The van der Waals surface area contributed by atoms with Crippen molar-refractivity contribution in [3.8, 4) is 6.07 Å². The van der Waals surface area contributed by atoms with Gasteiger partial charge in [-0.15, -0.1) is 0 Å². The summed E-state index contributed by atoms with van der Waals surface area (Å²) in [5, 5.41) is 19.5. The van der Waals surface area contributed by atoms with E-state index in [0.717, 1.165) is 6.07 Å². The van der Waals surface area contributed by atoms with Crippen LogP contribution in [0, 0.1) is 21.4 Å². The summed E-state index contributed by atoms with van der Waals surface area (Å²) in [6.45, 7) is 0. The van der Waals surface area contributed by atoms with Gasteiger partial charge in [0.15, 0.2) is 5.76 Å². The summed E-state index contributed by atoms with van der Waals surface area (Å²) in [6, 6.07) is 7.17. The van der Waals surface area contributed by atoms with E-state index in [1.54, 1.807) is 0 Å². The van der Waals surface area contributed by atoms with Crippen molar-refractivity contribution in [2.45, 2.75) is 5.92 Å². The summed E-state index contributed by atoms with van der Waals surface area (Å²) in [5.74, 6) is -2.44. The molecule has 0 aliphatic rings. The minimum absolute atomic E-state index is 0.213. The van der Waals surface area contributed by atoms with Crippen LogP contribution in [0.5, 0.6) is 0 Å². The molecular weight excluding hydrogens is 250 g/mol. The highest BCUT2D eigenvalue weighted by Gasteiger charge is 2.26. The summed E-state index contributed by atoms with van der Waals surface area (Å²) in [5.41, 5.74) is 0.460. The van der Waals surface area contributed by atoms with E-state index in [2.05, 4.69) is 4.98 Å². The van der Waals surface area contributed by atoms with Crippen molar-refractivity contribution >= 4 is 11.7 Å². The van der Waals surface area contributed by atoms with Gasteiger partial charge in [0.25, 0.3) is 0 Å². The Hall–Kier alpha value is -3.01. The second kappa shape index (κ2) is 5.10. The lowest BCUT2D eigenvalue weighted by Gasteiger charge is -2.05. The van der Waals surface area contributed by atoms with E-state index in [9.17, 15) is 14.9 Å². The molecule has 0 saturated carbocycles. The molecule has 0 bridgehead atoms. The van der Waals surface area contributed by atoms with Gasteiger partial charge in [-0.1, -0.05) is 0 Å². The number of nitrogens with zero attached hydrogens (tertiary/aromatic N) is 3. The van der Waals surface area contributed by atoms with E-state index in [1.807, 2.05) is 6.07 Å². The first-order valence-corrected chi connectivity index (χ1v) is 5.21. The number of Topliss-reactive ketones (excluding diaryl/α,β-unsaturated/α-hetero) is 1. The predicted molar refractivity (Wildman–Crippen MR) is 62.3 cm³/mol. The molecule has 0 aliphatic heterocycles. The maximum absolute atomic E-state index is 12.1. The number of rotatable bonds is 4. The molecule has 0 spiro atoms. The van der Waals surface area contributed by atoms with Crippen molar-refractivity contribution in [1.29, 1.82) is 5.26 Å². The van der Waals surface area contributed by atoms with E-state index in [4.69, 9.17) is 9.68 Å². The molecule has 0 aromatic carbocycles. The number of hydrogen-bond donors (Lipinski definition) is 0. The summed E-state index contributed by atoms with van der Waals surface area (Å²) >= 11 is 0. The number of carbonyl (C=O) groups excluding carboxylic acids is 1. The van der Waals surface area contributed by atoms with Gasteiger partial charge in [-0.3, -0.25) is 19.9 Å². The molecule has 19 heavy (non-hydrogen) atoms. The molecule has 1 unspecified atom stereocenters. The van der Waals surface area contributed by atoms with Crippen LogP contribution >= 0.6 is 0 Å². The second-order valence-electron chi connectivity index (χ2n) is 3.60. The fraction of sp³-hybridized carbons (Fsp3) is 0.0833. The lowest BCUT2D eigenvalue weighted by molar-refractivity contribution is -0.402. The average Bonchev–Trinajstić information content (AvgIpc) is 2.90. The number of nitro groups is 1. The van der Waals surface area contributed by atoms with Gasteiger partial charge in [0.1, 0.15) is 10.8 Å². The lowest BCUT2D eigenvalue weighted by atomic mass is 9.96. The Morgan fingerprint density at radius 1 is 1.37 bits per heavy atom. The SMILES string of the molecule is N#CC(C(=O)c1ccc([N+](=O)[O-])o1)c1ccncc1. The number of nitriles is 1. The Bertz CT molecular complexity index is 657. The van der Waals surface area contributed by atoms with Gasteiger partial charge in [0.05, 0.1) is 12.1 Å². The lowest BCUT2D eigenvalue weighted by Crippen LogP contribution is -2.10. The molecule has 0 N–H and O–H groups in total. The van der Waals surface area contributed by atoms with Crippen LogP contribution < -0.4 is 0 Å². The normalized spacial score (nSPS) is 11.5. The number of hydrogen-bond acceptors (Lipinski definition) is 6. The van der Waals surface area contributed by atoms with Crippen molar-refractivity contribution in [3.63, 3.8) is 0 Å². The van der Waals surface area contributed by atoms with Gasteiger partial charge < -0.3 is 4.42 Å². The van der Waals surface area contributed by atoms with Gasteiger partial charge in [-0.25, -0.2) is 0 Å². The largest absolute Gasteiger partial charge is 0.433 e. The molecule has 0 fully saturated rings. The third-order valence-electron chi connectivity index (χ3n) is 2.45. The molecule has 0 amide bonds. The Kier molecular flexibility index (Phi) is 3.34. The number of furan rings is 1. The first-order chi connectivity index (χ1) is 9.13. The smallest absolute Gasteiger partial charge is 0.397 e. The van der Waals surface area contributed by atoms with Crippen LogP contribution in [-0.2, 0) is 0 Å². The van der Waals surface area contributed by atoms with Crippen LogP contribution in [0.15, 0.2) is 41.1 Å². The van der Waals surface area contributed by atoms with E-state index < -0.39 is 22.5 Å². The van der Waals surface area contributed by atoms with Crippen molar-refractivity contribution in [2.75, 3.05) is 0 Å². The van der Waals surface area contributed by atoms with Crippen molar-refractivity contribution < 1.29 is 14.1 Å². The molecule has 0 radical (unpaired) electrons. The zero-order chi connectivity index (χ0) is 13.8. The van der Waals surface area contributed by atoms with Gasteiger partial charge in [-0.2, -0.15) is 5.26 Å². The molecule has 2 heterocycles.